The number of nitrogens with zero attached hydrogens (tertiary/aromatic N) is 3. The van der Waals surface area contributed by atoms with Crippen LogP contribution in [0.15, 0.2) is 18.5 Å². The highest BCUT2D eigenvalue weighted by Crippen LogP contribution is 2.33. The maximum Gasteiger partial charge on any atom is 0.255 e. The Kier molecular flexibility index (Phi) is 8.97. The summed E-state index contributed by atoms with van der Waals surface area (Å²) in [4.78, 5) is 37.1. The molecule has 0 unspecified atom stereocenters. The monoisotopic (exact) mass is 493 g/mol. The summed E-state index contributed by atoms with van der Waals surface area (Å²) in [5.74, 6) is 0.218. The summed E-state index contributed by atoms with van der Waals surface area (Å²) in [6, 6.07) is 3.25. The number of hydrogen-bond acceptors (Lipinski definition) is 3. The van der Waals surface area contributed by atoms with Crippen LogP contribution in [0.2, 0.25) is 0 Å². The highest BCUT2D eigenvalue weighted by molar-refractivity contribution is 5.99. The van der Waals surface area contributed by atoms with Crippen LogP contribution in [0, 0.1) is 0 Å². The molecule has 0 aliphatic heterocycles. The third-order valence-corrected chi connectivity index (χ3v) is 9.57. The van der Waals surface area contributed by atoms with E-state index in [1.165, 1.54) is 77.0 Å². The average molecular weight is 494 g/mol. The van der Waals surface area contributed by atoms with Crippen LogP contribution in [0.25, 0.3) is 0 Å². The number of amides is 2. The van der Waals surface area contributed by atoms with Crippen LogP contribution >= 0.6 is 0 Å². The quantitative estimate of drug-likeness (QED) is 0.418. The normalized spacial score (nSPS) is 23.3. The van der Waals surface area contributed by atoms with Crippen LogP contribution in [0.1, 0.15) is 149 Å². The zero-order valence-electron chi connectivity index (χ0n) is 22.3. The van der Waals surface area contributed by atoms with E-state index in [-0.39, 0.29) is 11.8 Å². The van der Waals surface area contributed by atoms with Gasteiger partial charge in [-0.25, -0.2) is 0 Å². The molecule has 0 spiro atoms. The van der Waals surface area contributed by atoms with Gasteiger partial charge in [0.05, 0.1) is 11.1 Å². The molecule has 0 saturated heterocycles. The fraction of sp³-hybridized carbons (Fsp3) is 0.774. The molecule has 1 heterocycles. The van der Waals surface area contributed by atoms with E-state index in [2.05, 4.69) is 14.8 Å². The lowest BCUT2D eigenvalue weighted by molar-refractivity contribution is 0.0445. The van der Waals surface area contributed by atoms with Gasteiger partial charge in [-0.3, -0.25) is 14.6 Å². The number of pyridine rings is 1. The molecule has 4 aliphatic carbocycles. The fourth-order valence-corrected chi connectivity index (χ4v) is 7.67. The summed E-state index contributed by atoms with van der Waals surface area (Å²) in [5, 5.41) is 0. The van der Waals surface area contributed by atoms with Crippen molar-refractivity contribution in [2.75, 3.05) is 0 Å². The Morgan fingerprint density at radius 1 is 0.500 bits per heavy atom. The maximum absolute atomic E-state index is 14.1. The molecule has 0 aromatic carbocycles. The molecule has 5 heteroatoms. The van der Waals surface area contributed by atoms with Crippen molar-refractivity contribution in [3.8, 4) is 0 Å². The summed E-state index contributed by atoms with van der Waals surface area (Å²) in [6.45, 7) is 0. The van der Waals surface area contributed by atoms with Crippen molar-refractivity contribution in [1.82, 2.24) is 14.8 Å². The third kappa shape index (κ3) is 5.97. The van der Waals surface area contributed by atoms with Crippen molar-refractivity contribution in [1.29, 1.82) is 0 Å². The Bertz CT molecular complexity index is 759. The fourth-order valence-electron chi connectivity index (χ4n) is 7.67. The summed E-state index contributed by atoms with van der Waals surface area (Å²) in [7, 11) is 0. The smallest absolute Gasteiger partial charge is 0.255 e. The second kappa shape index (κ2) is 12.6. The number of hydrogen-bond donors (Lipinski definition) is 0. The Morgan fingerprint density at radius 2 is 0.778 bits per heavy atom. The van der Waals surface area contributed by atoms with Crippen LogP contribution in [-0.4, -0.2) is 50.8 Å². The predicted molar refractivity (Wildman–Crippen MR) is 144 cm³/mol. The van der Waals surface area contributed by atoms with Crippen LogP contribution < -0.4 is 0 Å². The van der Waals surface area contributed by atoms with Crippen LogP contribution in [0.4, 0.5) is 0 Å². The second-order valence-electron chi connectivity index (χ2n) is 12.1. The molecule has 0 atom stereocenters. The average Bonchev–Trinajstić information content (AvgIpc) is 2.96. The number of aromatic nitrogens is 1. The lowest BCUT2D eigenvalue weighted by Crippen LogP contribution is -2.49. The van der Waals surface area contributed by atoms with Gasteiger partial charge in [-0.15, -0.1) is 0 Å². The van der Waals surface area contributed by atoms with E-state index in [0.717, 1.165) is 51.4 Å². The van der Waals surface area contributed by atoms with Gasteiger partial charge >= 0.3 is 0 Å². The van der Waals surface area contributed by atoms with Crippen LogP contribution in [0.5, 0.6) is 0 Å². The number of carbonyl (C=O) groups is 2. The van der Waals surface area contributed by atoms with Gasteiger partial charge in [-0.2, -0.15) is 0 Å². The second-order valence-corrected chi connectivity index (χ2v) is 12.1. The van der Waals surface area contributed by atoms with Crippen molar-refractivity contribution < 1.29 is 9.59 Å². The Balaban J connectivity index is 1.39. The standard InChI is InChI=1S/C31H47N3O2/c35-30(33(26-13-5-1-6-14-26)27-15-7-2-8-16-27)24-21-25(23-32-22-24)31(36)34(28-17-9-3-10-18-28)29-19-11-4-12-20-29/h21-23,26-29H,1-20H2. The Morgan fingerprint density at radius 3 is 1.06 bits per heavy atom. The van der Waals surface area contributed by atoms with Gasteiger partial charge in [-0.05, 0) is 57.4 Å². The minimum atomic E-state index is 0.109. The van der Waals surface area contributed by atoms with Crippen molar-refractivity contribution >= 4 is 11.8 Å². The minimum Gasteiger partial charge on any atom is -0.333 e. The molecule has 1 aromatic rings. The van der Waals surface area contributed by atoms with Crippen LogP contribution in [-0.2, 0) is 0 Å². The van der Waals surface area contributed by atoms with Crippen molar-refractivity contribution in [3.63, 3.8) is 0 Å². The molecule has 4 fully saturated rings. The lowest BCUT2D eigenvalue weighted by Gasteiger charge is -2.42. The van der Waals surface area contributed by atoms with Crippen LogP contribution in [0.3, 0.4) is 0 Å². The van der Waals surface area contributed by atoms with Gasteiger partial charge in [0.2, 0.25) is 0 Å². The Hall–Kier alpha value is -1.91. The predicted octanol–water partition coefficient (Wildman–Crippen LogP) is 7.30. The molecule has 1 aromatic heterocycles. The summed E-state index contributed by atoms with van der Waals surface area (Å²) >= 11 is 0. The van der Waals surface area contributed by atoms with Crippen molar-refractivity contribution in [2.45, 2.75) is 153 Å². The molecule has 0 bridgehead atoms. The molecule has 5 rings (SSSR count). The first kappa shape index (κ1) is 25.7. The number of carbonyl (C=O) groups excluding carboxylic acids is 2. The van der Waals surface area contributed by atoms with Gasteiger partial charge in [0, 0.05) is 36.6 Å². The first-order chi connectivity index (χ1) is 17.7. The first-order valence-electron chi connectivity index (χ1n) is 15.3. The highest BCUT2D eigenvalue weighted by atomic mass is 16.2. The van der Waals surface area contributed by atoms with E-state index in [9.17, 15) is 9.59 Å². The summed E-state index contributed by atoms with van der Waals surface area (Å²) in [5.41, 5.74) is 1.23. The largest absolute Gasteiger partial charge is 0.333 e. The molecule has 2 amide bonds. The van der Waals surface area contributed by atoms with Gasteiger partial charge in [0.1, 0.15) is 0 Å². The molecular weight excluding hydrogens is 446 g/mol. The van der Waals surface area contributed by atoms with E-state index in [0.29, 0.717) is 35.3 Å². The van der Waals surface area contributed by atoms with E-state index in [1.807, 2.05) is 6.07 Å². The van der Waals surface area contributed by atoms with E-state index >= 15 is 0 Å². The summed E-state index contributed by atoms with van der Waals surface area (Å²) in [6.07, 6.45) is 27.2. The molecule has 198 valence electrons. The van der Waals surface area contributed by atoms with Crippen molar-refractivity contribution in [3.05, 3.63) is 29.6 Å². The SMILES string of the molecule is O=C(c1cncc(C(=O)N(C2CCCCC2)C2CCCCC2)c1)N(C1CCCCC1)C1CCCCC1. The minimum absolute atomic E-state index is 0.109. The van der Waals surface area contributed by atoms with Gasteiger partial charge in [-0.1, -0.05) is 77.0 Å². The van der Waals surface area contributed by atoms with E-state index < -0.39 is 0 Å². The van der Waals surface area contributed by atoms with E-state index in [4.69, 9.17) is 0 Å². The third-order valence-electron chi connectivity index (χ3n) is 9.57. The molecule has 5 nitrogen and oxygen atoms in total. The molecule has 0 N–H and O–H groups in total. The molecule has 36 heavy (non-hydrogen) atoms. The molecule has 0 radical (unpaired) electrons. The zero-order chi connectivity index (χ0) is 24.7. The van der Waals surface area contributed by atoms with Gasteiger partial charge in [0.15, 0.2) is 0 Å². The van der Waals surface area contributed by atoms with Crippen molar-refractivity contribution in [2.24, 2.45) is 0 Å². The topological polar surface area (TPSA) is 53.5 Å². The van der Waals surface area contributed by atoms with Gasteiger partial charge in [0.25, 0.3) is 11.8 Å². The first-order valence-corrected chi connectivity index (χ1v) is 15.3. The highest BCUT2D eigenvalue weighted by Gasteiger charge is 2.35. The number of rotatable bonds is 6. The molecule has 4 saturated carbocycles. The lowest BCUT2D eigenvalue weighted by atomic mass is 9.87. The van der Waals surface area contributed by atoms with E-state index in [1.54, 1.807) is 12.4 Å². The van der Waals surface area contributed by atoms with Gasteiger partial charge < -0.3 is 9.80 Å². The maximum atomic E-state index is 14.1. The molecule has 4 aliphatic rings. The zero-order valence-corrected chi connectivity index (χ0v) is 22.3. The molecular formula is C31H47N3O2. The Labute approximate surface area is 218 Å². The summed E-state index contributed by atoms with van der Waals surface area (Å²) < 4.78 is 0.